The SMILES string of the molecule is O=C1[C@H]2Cc3c([nH]c4ccccc34)[C@H](c3ccc(Br)s3)N2C(=O)CN1C1CCCC1. The molecule has 1 saturated heterocycles. The van der Waals surface area contributed by atoms with Gasteiger partial charge in [0.2, 0.25) is 11.8 Å². The maximum absolute atomic E-state index is 13.7. The van der Waals surface area contributed by atoms with E-state index in [0.29, 0.717) is 6.42 Å². The van der Waals surface area contributed by atoms with Crippen molar-refractivity contribution in [2.45, 2.75) is 50.2 Å². The average molecular weight is 484 g/mol. The van der Waals surface area contributed by atoms with E-state index in [1.165, 1.54) is 5.56 Å². The number of carbonyl (C=O) groups is 2. The number of amides is 2. The quantitative estimate of drug-likeness (QED) is 0.577. The fraction of sp³-hybridized carbons (Fsp3) is 0.391. The second-order valence-corrected chi connectivity index (χ2v) is 11.0. The van der Waals surface area contributed by atoms with Gasteiger partial charge in [-0.1, -0.05) is 31.0 Å². The number of aromatic nitrogens is 1. The van der Waals surface area contributed by atoms with Gasteiger partial charge < -0.3 is 14.8 Å². The van der Waals surface area contributed by atoms with Crippen LogP contribution in [0.4, 0.5) is 0 Å². The number of fused-ring (bicyclic) bond motifs is 4. The molecule has 7 heteroatoms. The zero-order chi connectivity index (χ0) is 20.4. The number of para-hydroxylation sites is 1. The predicted molar refractivity (Wildman–Crippen MR) is 120 cm³/mol. The first-order chi connectivity index (χ1) is 14.6. The van der Waals surface area contributed by atoms with E-state index in [1.807, 2.05) is 28.0 Å². The Labute approximate surface area is 187 Å². The number of benzene rings is 1. The zero-order valence-electron chi connectivity index (χ0n) is 16.4. The minimum atomic E-state index is -0.426. The van der Waals surface area contributed by atoms with Crippen LogP contribution in [0.25, 0.3) is 10.9 Å². The number of halogens is 1. The lowest BCUT2D eigenvalue weighted by molar-refractivity contribution is -0.160. The van der Waals surface area contributed by atoms with Crippen LogP contribution < -0.4 is 0 Å². The number of nitrogens with one attached hydrogen (secondary N) is 1. The third-order valence-corrected chi connectivity index (χ3v) is 8.60. The van der Waals surface area contributed by atoms with Crippen molar-refractivity contribution in [2.24, 2.45) is 0 Å². The van der Waals surface area contributed by atoms with Gasteiger partial charge in [0, 0.05) is 33.9 Å². The van der Waals surface area contributed by atoms with E-state index >= 15 is 0 Å². The summed E-state index contributed by atoms with van der Waals surface area (Å²) in [6.45, 7) is 0.207. The Morgan fingerprint density at radius 1 is 1.07 bits per heavy atom. The van der Waals surface area contributed by atoms with E-state index in [1.54, 1.807) is 11.3 Å². The van der Waals surface area contributed by atoms with Crippen LogP contribution in [0, 0.1) is 0 Å². The summed E-state index contributed by atoms with van der Waals surface area (Å²) in [6, 6.07) is 11.9. The zero-order valence-corrected chi connectivity index (χ0v) is 18.8. The minimum absolute atomic E-state index is 0.0605. The van der Waals surface area contributed by atoms with Crippen molar-refractivity contribution in [3.63, 3.8) is 0 Å². The van der Waals surface area contributed by atoms with Gasteiger partial charge in [-0.3, -0.25) is 9.59 Å². The van der Waals surface area contributed by atoms with Crippen molar-refractivity contribution < 1.29 is 9.59 Å². The highest BCUT2D eigenvalue weighted by Crippen LogP contribution is 2.45. The highest BCUT2D eigenvalue weighted by Gasteiger charge is 2.49. The first kappa shape index (κ1) is 18.6. The molecule has 1 saturated carbocycles. The highest BCUT2D eigenvalue weighted by molar-refractivity contribution is 9.11. The van der Waals surface area contributed by atoms with Gasteiger partial charge in [0.1, 0.15) is 18.6 Å². The smallest absolute Gasteiger partial charge is 0.246 e. The van der Waals surface area contributed by atoms with Crippen molar-refractivity contribution in [3.8, 4) is 0 Å². The van der Waals surface area contributed by atoms with Crippen molar-refractivity contribution >= 4 is 50.0 Å². The molecule has 2 fully saturated rings. The molecule has 0 bridgehead atoms. The number of hydrogen-bond donors (Lipinski definition) is 1. The minimum Gasteiger partial charge on any atom is -0.356 e. The number of aromatic amines is 1. The van der Waals surface area contributed by atoms with Crippen molar-refractivity contribution in [1.29, 1.82) is 0 Å². The molecule has 5 nitrogen and oxygen atoms in total. The summed E-state index contributed by atoms with van der Waals surface area (Å²) in [5.41, 5.74) is 3.29. The lowest BCUT2D eigenvalue weighted by Crippen LogP contribution is -2.64. The highest BCUT2D eigenvalue weighted by atomic mass is 79.9. The molecular weight excluding hydrogens is 462 g/mol. The molecule has 0 spiro atoms. The topological polar surface area (TPSA) is 56.4 Å². The van der Waals surface area contributed by atoms with Crippen molar-refractivity contribution in [2.75, 3.05) is 6.54 Å². The Hall–Kier alpha value is -2.12. The van der Waals surface area contributed by atoms with Gasteiger partial charge in [-0.05, 0) is 52.5 Å². The molecule has 0 unspecified atom stereocenters. The largest absolute Gasteiger partial charge is 0.356 e. The normalized spacial score (nSPS) is 24.6. The first-order valence-electron chi connectivity index (χ1n) is 10.6. The van der Waals surface area contributed by atoms with Crippen LogP contribution in [0.3, 0.4) is 0 Å². The molecule has 1 N–H and O–H groups in total. The fourth-order valence-corrected chi connectivity index (χ4v) is 7.12. The van der Waals surface area contributed by atoms with Crippen LogP contribution in [0.2, 0.25) is 0 Å². The van der Waals surface area contributed by atoms with Gasteiger partial charge in [-0.2, -0.15) is 0 Å². The van der Waals surface area contributed by atoms with E-state index < -0.39 is 6.04 Å². The Morgan fingerprint density at radius 2 is 1.87 bits per heavy atom. The van der Waals surface area contributed by atoms with Gasteiger partial charge in [-0.15, -0.1) is 11.3 Å². The number of nitrogens with zero attached hydrogens (tertiary/aromatic N) is 2. The molecule has 6 rings (SSSR count). The summed E-state index contributed by atoms with van der Waals surface area (Å²) in [5, 5.41) is 1.16. The third kappa shape index (κ3) is 2.71. The van der Waals surface area contributed by atoms with E-state index in [2.05, 4.69) is 39.1 Å². The van der Waals surface area contributed by atoms with Crippen LogP contribution in [-0.4, -0.2) is 45.2 Å². The van der Waals surface area contributed by atoms with E-state index in [9.17, 15) is 9.59 Å². The summed E-state index contributed by atoms with van der Waals surface area (Å²) in [6.07, 6.45) is 4.91. The van der Waals surface area contributed by atoms with Crippen LogP contribution in [0.5, 0.6) is 0 Å². The predicted octanol–water partition coefficient (Wildman–Crippen LogP) is 4.62. The van der Waals surface area contributed by atoms with Gasteiger partial charge >= 0.3 is 0 Å². The molecular formula is C23H22BrN3O2S. The number of thiophene rings is 1. The fourth-order valence-electron chi connectivity index (χ4n) is 5.59. The van der Waals surface area contributed by atoms with Gasteiger partial charge in [0.05, 0.1) is 3.79 Å². The van der Waals surface area contributed by atoms with Crippen molar-refractivity contribution in [1.82, 2.24) is 14.8 Å². The van der Waals surface area contributed by atoms with E-state index in [-0.39, 0.29) is 30.4 Å². The number of rotatable bonds is 2. The summed E-state index contributed by atoms with van der Waals surface area (Å²) in [7, 11) is 0. The Morgan fingerprint density at radius 3 is 2.63 bits per heavy atom. The van der Waals surface area contributed by atoms with Crippen LogP contribution >= 0.6 is 27.3 Å². The number of piperazine rings is 1. The number of hydrogen-bond acceptors (Lipinski definition) is 3. The number of H-pyrrole nitrogens is 1. The molecule has 4 heterocycles. The van der Waals surface area contributed by atoms with Crippen LogP contribution in [-0.2, 0) is 16.0 Å². The monoisotopic (exact) mass is 483 g/mol. The average Bonchev–Trinajstić information content (AvgIpc) is 3.49. The summed E-state index contributed by atoms with van der Waals surface area (Å²) >= 11 is 5.20. The molecule has 154 valence electrons. The Balaban J connectivity index is 1.51. The summed E-state index contributed by atoms with van der Waals surface area (Å²) < 4.78 is 1.03. The van der Waals surface area contributed by atoms with E-state index in [4.69, 9.17) is 0 Å². The van der Waals surface area contributed by atoms with Crippen LogP contribution in [0.15, 0.2) is 40.2 Å². The van der Waals surface area contributed by atoms with Gasteiger partial charge in [-0.25, -0.2) is 0 Å². The molecule has 2 aromatic heterocycles. The lowest BCUT2D eigenvalue weighted by Gasteiger charge is -2.48. The molecule has 1 aromatic carbocycles. The third-order valence-electron chi connectivity index (χ3n) is 6.92. The standard InChI is InChI=1S/C23H22BrN3O2S/c24-19-10-9-18(30-19)22-21-15(14-7-3-4-8-16(14)25-21)11-17-23(29)26(12-20(28)27(17)22)13-5-1-2-6-13/h3-4,7-10,13,17,22,25H,1-2,5-6,11-12H2/t17-,22+/m1/s1. The molecule has 30 heavy (non-hydrogen) atoms. The Bertz CT molecular complexity index is 1160. The molecule has 3 aliphatic rings. The van der Waals surface area contributed by atoms with Gasteiger partial charge in [0.25, 0.3) is 0 Å². The first-order valence-corrected chi connectivity index (χ1v) is 12.2. The number of carbonyl (C=O) groups excluding carboxylic acids is 2. The summed E-state index contributed by atoms with van der Waals surface area (Å²) in [5.74, 6) is 0.184. The maximum atomic E-state index is 13.7. The second kappa shape index (κ2) is 6.95. The van der Waals surface area contributed by atoms with E-state index in [0.717, 1.165) is 50.9 Å². The molecule has 2 amide bonds. The molecule has 2 atom stereocenters. The maximum Gasteiger partial charge on any atom is 0.246 e. The molecule has 0 radical (unpaired) electrons. The van der Waals surface area contributed by atoms with Crippen molar-refractivity contribution in [3.05, 3.63) is 56.3 Å². The van der Waals surface area contributed by atoms with Gasteiger partial charge in [0.15, 0.2) is 0 Å². The molecule has 2 aliphatic heterocycles. The summed E-state index contributed by atoms with van der Waals surface area (Å²) in [4.78, 5) is 35.5. The Kier molecular flexibility index (Phi) is 4.32. The molecule has 3 aromatic rings. The van der Waals surface area contributed by atoms with Crippen LogP contribution in [0.1, 0.15) is 47.9 Å². The lowest BCUT2D eigenvalue weighted by atomic mass is 9.88. The second-order valence-electron chi connectivity index (χ2n) is 8.53. The molecule has 1 aliphatic carbocycles.